The maximum Gasteiger partial charge on any atom is 0.242 e. The average molecular weight is 385 g/mol. The first-order valence-electron chi connectivity index (χ1n) is 4.23. The SMILES string of the molecule is Cl.NCCNS(=O)(=O)c1cc(Br)c(Cl)cc1Cl. The minimum absolute atomic E-state index is 0. The van der Waals surface area contributed by atoms with E-state index in [1.165, 1.54) is 12.1 Å². The summed E-state index contributed by atoms with van der Waals surface area (Å²) >= 11 is 14.7. The highest BCUT2D eigenvalue weighted by molar-refractivity contribution is 9.10. The third-order valence-corrected chi connectivity index (χ3v) is 4.82. The summed E-state index contributed by atoms with van der Waals surface area (Å²) in [6.45, 7) is 0.366. The second kappa shape index (κ2) is 7.13. The van der Waals surface area contributed by atoms with Gasteiger partial charge in [0.15, 0.2) is 0 Å². The van der Waals surface area contributed by atoms with Crippen molar-refractivity contribution in [3.63, 3.8) is 0 Å². The van der Waals surface area contributed by atoms with Gasteiger partial charge in [-0.2, -0.15) is 0 Å². The molecule has 0 heterocycles. The molecule has 0 aliphatic carbocycles. The summed E-state index contributed by atoms with van der Waals surface area (Å²) in [5.74, 6) is 0. The maximum absolute atomic E-state index is 11.8. The monoisotopic (exact) mass is 382 g/mol. The highest BCUT2D eigenvalue weighted by atomic mass is 79.9. The summed E-state index contributed by atoms with van der Waals surface area (Å²) in [6, 6.07) is 2.72. The number of nitrogens with two attached hydrogens (primary N) is 1. The van der Waals surface area contributed by atoms with E-state index in [4.69, 9.17) is 28.9 Å². The largest absolute Gasteiger partial charge is 0.329 e. The molecule has 4 nitrogen and oxygen atoms in total. The maximum atomic E-state index is 11.8. The van der Waals surface area contributed by atoms with E-state index in [-0.39, 0.29) is 35.4 Å². The first-order valence-corrected chi connectivity index (χ1v) is 7.26. The van der Waals surface area contributed by atoms with Crippen molar-refractivity contribution in [2.24, 2.45) is 5.73 Å². The van der Waals surface area contributed by atoms with Crippen LogP contribution in [0, 0.1) is 0 Å². The van der Waals surface area contributed by atoms with Crippen LogP contribution in [0.3, 0.4) is 0 Å². The zero-order valence-electron chi connectivity index (χ0n) is 8.41. The van der Waals surface area contributed by atoms with E-state index in [9.17, 15) is 8.42 Å². The van der Waals surface area contributed by atoms with Crippen LogP contribution in [-0.4, -0.2) is 21.5 Å². The van der Waals surface area contributed by atoms with Crippen LogP contribution >= 0.6 is 51.5 Å². The molecule has 1 aromatic rings. The highest BCUT2D eigenvalue weighted by Gasteiger charge is 2.18. The smallest absolute Gasteiger partial charge is 0.242 e. The minimum Gasteiger partial charge on any atom is -0.329 e. The first-order chi connectivity index (χ1) is 7.38. The van der Waals surface area contributed by atoms with Crippen LogP contribution in [0.4, 0.5) is 0 Å². The van der Waals surface area contributed by atoms with Gasteiger partial charge in [0.25, 0.3) is 0 Å². The second-order valence-corrected chi connectivity index (χ2v) is 6.29. The number of nitrogens with one attached hydrogen (secondary N) is 1. The fraction of sp³-hybridized carbons (Fsp3) is 0.250. The van der Waals surface area contributed by atoms with E-state index < -0.39 is 10.0 Å². The lowest BCUT2D eigenvalue weighted by Crippen LogP contribution is -2.29. The molecule has 0 fully saturated rings. The molecule has 0 saturated heterocycles. The van der Waals surface area contributed by atoms with Crippen molar-refractivity contribution in [2.75, 3.05) is 13.1 Å². The Morgan fingerprint density at radius 3 is 2.41 bits per heavy atom. The third kappa shape index (κ3) is 4.55. The van der Waals surface area contributed by atoms with Crippen LogP contribution < -0.4 is 10.5 Å². The molecule has 0 unspecified atom stereocenters. The second-order valence-electron chi connectivity index (χ2n) is 2.88. The van der Waals surface area contributed by atoms with Gasteiger partial charge in [0, 0.05) is 17.6 Å². The molecule has 1 rings (SSSR count). The molecular weight excluding hydrogens is 374 g/mol. The zero-order valence-corrected chi connectivity index (χ0v) is 13.1. The minimum atomic E-state index is -3.64. The van der Waals surface area contributed by atoms with Gasteiger partial charge in [0.2, 0.25) is 10.0 Å². The van der Waals surface area contributed by atoms with Crippen molar-refractivity contribution in [3.05, 3.63) is 26.7 Å². The molecule has 0 aliphatic heterocycles. The van der Waals surface area contributed by atoms with Crippen LogP contribution in [0.1, 0.15) is 0 Å². The molecule has 98 valence electrons. The summed E-state index contributed by atoms with van der Waals surface area (Å²) in [6.07, 6.45) is 0. The third-order valence-electron chi connectivity index (χ3n) is 1.70. The van der Waals surface area contributed by atoms with Crippen LogP contribution in [0.5, 0.6) is 0 Å². The van der Waals surface area contributed by atoms with Crippen LogP contribution in [-0.2, 0) is 10.0 Å². The predicted octanol–water partition coefficient (Wildman–Crippen LogP) is 2.41. The van der Waals surface area contributed by atoms with E-state index in [1.807, 2.05) is 0 Å². The van der Waals surface area contributed by atoms with Gasteiger partial charge in [-0.25, -0.2) is 13.1 Å². The van der Waals surface area contributed by atoms with Crippen molar-refractivity contribution < 1.29 is 8.42 Å². The molecular formula is C8H10BrCl3N2O2S. The molecule has 0 atom stereocenters. The summed E-state index contributed by atoms with van der Waals surface area (Å²) in [5, 5.41) is 0.417. The average Bonchev–Trinajstić information content (AvgIpc) is 2.20. The molecule has 0 spiro atoms. The molecule has 0 bridgehead atoms. The summed E-state index contributed by atoms with van der Waals surface area (Å²) < 4.78 is 26.3. The van der Waals surface area contributed by atoms with E-state index in [1.54, 1.807) is 0 Å². The lowest BCUT2D eigenvalue weighted by atomic mass is 10.4. The van der Waals surface area contributed by atoms with Crippen molar-refractivity contribution in [1.82, 2.24) is 4.72 Å². The Bertz CT molecular complexity index is 496. The Morgan fingerprint density at radius 2 is 1.88 bits per heavy atom. The van der Waals surface area contributed by atoms with Gasteiger partial charge in [-0.1, -0.05) is 23.2 Å². The lowest BCUT2D eigenvalue weighted by Gasteiger charge is -2.08. The van der Waals surface area contributed by atoms with Crippen molar-refractivity contribution in [3.8, 4) is 0 Å². The van der Waals surface area contributed by atoms with E-state index in [2.05, 4.69) is 20.7 Å². The van der Waals surface area contributed by atoms with E-state index in [0.717, 1.165) is 0 Å². The molecule has 0 aliphatic rings. The van der Waals surface area contributed by atoms with Gasteiger partial charge in [-0.15, -0.1) is 12.4 Å². The molecule has 1 aromatic carbocycles. The number of hydrogen-bond acceptors (Lipinski definition) is 3. The fourth-order valence-electron chi connectivity index (χ4n) is 0.981. The van der Waals surface area contributed by atoms with Gasteiger partial charge >= 0.3 is 0 Å². The van der Waals surface area contributed by atoms with Gasteiger partial charge in [-0.05, 0) is 28.1 Å². The van der Waals surface area contributed by atoms with Gasteiger partial charge in [0.1, 0.15) is 4.90 Å². The Labute approximate surface area is 124 Å². The summed E-state index contributed by atoms with van der Waals surface area (Å²) in [5.41, 5.74) is 5.22. The van der Waals surface area contributed by atoms with Crippen LogP contribution in [0.25, 0.3) is 0 Å². The Balaban J connectivity index is 0.00000256. The number of benzene rings is 1. The highest BCUT2D eigenvalue weighted by Crippen LogP contribution is 2.31. The molecule has 17 heavy (non-hydrogen) atoms. The molecule has 0 radical (unpaired) electrons. The molecule has 3 N–H and O–H groups in total. The van der Waals surface area contributed by atoms with E-state index in [0.29, 0.717) is 9.50 Å². The number of rotatable bonds is 4. The fourth-order valence-corrected chi connectivity index (χ4v) is 3.29. The standard InChI is InChI=1S/C8H9BrCl2N2O2S.ClH/c9-5-3-8(7(11)4-6(5)10)16(14,15)13-2-1-12;/h3-4,13H,1-2,12H2;1H. The molecule has 0 saturated carbocycles. The zero-order chi connectivity index (χ0) is 12.3. The van der Waals surface area contributed by atoms with Gasteiger partial charge in [-0.3, -0.25) is 0 Å². The Hall–Kier alpha value is 0.440. The van der Waals surface area contributed by atoms with Crippen LogP contribution in [0.15, 0.2) is 21.5 Å². The summed E-state index contributed by atoms with van der Waals surface area (Å²) in [4.78, 5) is -0.0288. The predicted molar refractivity (Wildman–Crippen MR) is 75.7 cm³/mol. The quantitative estimate of drug-likeness (QED) is 0.783. The van der Waals surface area contributed by atoms with Crippen molar-refractivity contribution >= 4 is 61.6 Å². The topological polar surface area (TPSA) is 72.2 Å². The number of hydrogen-bond donors (Lipinski definition) is 2. The normalized spacial score (nSPS) is 11.1. The number of halogens is 4. The summed E-state index contributed by atoms with van der Waals surface area (Å²) in [7, 11) is -3.64. The molecule has 0 aromatic heterocycles. The Morgan fingerprint density at radius 1 is 1.29 bits per heavy atom. The van der Waals surface area contributed by atoms with Crippen LogP contribution in [0.2, 0.25) is 10.0 Å². The molecule has 9 heteroatoms. The lowest BCUT2D eigenvalue weighted by molar-refractivity contribution is 0.582. The van der Waals surface area contributed by atoms with Gasteiger partial charge < -0.3 is 5.73 Å². The molecule has 0 amide bonds. The van der Waals surface area contributed by atoms with Crippen molar-refractivity contribution in [1.29, 1.82) is 0 Å². The van der Waals surface area contributed by atoms with Crippen molar-refractivity contribution in [2.45, 2.75) is 4.90 Å². The van der Waals surface area contributed by atoms with Gasteiger partial charge in [0.05, 0.1) is 10.0 Å². The Kier molecular flexibility index (Phi) is 7.32. The first kappa shape index (κ1) is 17.4. The number of sulfonamides is 1. The van der Waals surface area contributed by atoms with E-state index >= 15 is 0 Å².